The number of methoxy groups -OCH3 is 1. The van der Waals surface area contributed by atoms with Crippen LogP contribution in [0.15, 0.2) is 0 Å². The van der Waals surface area contributed by atoms with Crippen molar-refractivity contribution in [2.45, 2.75) is 18.9 Å². The number of rotatable bonds is 6. The van der Waals surface area contributed by atoms with Crippen LogP contribution in [-0.2, 0) is 21.4 Å². The Labute approximate surface area is 113 Å². The Balaban J connectivity index is 2.50. The van der Waals surface area contributed by atoms with E-state index in [1.807, 2.05) is 0 Å². The number of tetrazole rings is 1. The molecule has 0 aliphatic heterocycles. The third-order valence-electron chi connectivity index (χ3n) is 2.20. The first-order chi connectivity index (χ1) is 9.42. The van der Waals surface area contributed by atoms with Crippen molar-refractivity contribution in [2.75, 3.05) is 12.4 Å². The van der Waals surface area contributed by atoms with E-state index in [1.54, 1.807) is 0 Å². The maximum absolute atomic E-state index is 11.5. The molecule has 0 aromatic carbocycles. The van der Waals surface area contributed by atoms with Gasteiger partial charge in [-0.25, -0.2) is 9.59 Å². The van der Waals surface area contributed by atoms with Crippen LogP contribution in [0.4, 0.5) is 10.7 Å². The molecule has 1 aromatic rings. The number of aryl methyl sites for hydroxylation is 1. The summed E-state index contributed by atoms with van der Waals surface area (Å²) in [6, 6.07) is -2.04. The smallest absolute Gasteiger partial charge is 0.326 e. The predicted molar refractivity (Wildman–Crippen MR) is 63.6 cm³/mol. The summed E-state index contributed by atoms with van der Waals surface area (Å²) in [6.07, 6.45) is -0.222. The lowest BCUT2D eigenvalue weighted by Gasteiger charge is -2.13. The largest absolute Gasteiger partial charge is 0.480 e. The molecule has 0 bridgehead atoms. The summed E-state index contributed by atoms with van der Waals surface area (Å²) in [7, 11) is 2.70. The lowest BCUT2D eigenvalue weighted by atomic mass is 10.1. The van der Waals surface area contributed by atoms with Crippen molar-refractivity contribution in [3.8, 4) is 0 Å². The number of carboxylic acids is 1. The van der Waals surface area contributed by atoms with Crippen molar-refractivity contribution in [2.24, 2.45) is 7.05 Å². The van der Waals surface area contributed by atoms with Crippen LogP contribution in [0.5, 0.6) is 0 Å². The molecule has 1 heterocycles. The number of anilines is 1. The molecule has 0 spiro atoms. The molecule has 2 amide bonds. The summed E-state index contributed by atoms with van der Waals surface area (Å²) in [5.41, 5.74) is 0. The number of aliphatic carboxylic acids is 1. The van der Waals surface area contributed by atoms with E-state index in [1.165, 1.54) is 14.2 Å². The molecule has 0 aliphatic carbocycles. The fourth-order valence-electron chi connectivity index (χ4n) is 1.25. The van der Waals surface area contributed by atoms with E-state index in [0.717, 1.165) is 4.80 Å². The van der Waals surface area contributed by atoms with Gasteiger partial charge in [0.05, 0.1) is 14.2 Å². The van der Waals surface area contributed by atoms with Gasteiger partial charge in [-0.15, -0.1) is 5.10 Å². The molecule has 1 atom stereocenters. The van der Waals surface area contributed by atoms with Crippen molar-refractivity contribution < 1.29 is 24.2 Å². The molecular formula is C9H14N6O5. The SMILES string of the molecule is COC(=O)CC[C@@H](NC(=O)Nc1nnn(C)n1)C(=O)O. The van der Waals surface area contributed by atoms with Gasteiger partial charge in [-0.2, -0.15) is 4.80 Å². The van der Waals surface area contributed by atoms with E-state index in [0.29, 0.717) is 0 Å². The Morgan fingerprint density at radius 1 is 1.45 bits per heavy atom. The van der Waals surface area contributed by atoms with E-state index >= 15 is 0 Å². The molecule has 0 saturated carbocycles. The summed E-state index contributed by atoms with van der Waals surface area (Å²) >= 11 is 0. The van der Waals surface area contributed by atoms with Gasteiger partial charge in [-0.3, -0.25) is 10.1 Å². The van der Waals surface area contributed by atoms with Crippen LogP contribution < -0.4 is 10.6 Å². The van der Waals surface area contributed by atoms with Crippen molar-refractivity contribution in [1.29, 1.82) is 0 Å². The monoisotopic (exact) mass is 286 g/mol. The molecule has 0 saturated heterocycles. The molecule has 20 heavy (non-hydrogen) atoms. The third-order valence-corrected chi connectivity index (χ3v) is 2.20. The number of hydrogen-bond acceptors (Lipinski definition) is 7. The minimum Gasteiger partial charge on any atom is -0.480 e. The van der Waals surface area contributed by atoms with E-state index in [9.17, 15) is 14.4 Å². The Hall–Kier alpha value is -2.72. The molecule has 11 heteroatoms. The third kappa shape index (κ3) is 4.88. The second kappa shape index (κ2) is 7.01. The second-order valence-electron chi connectivity index (χ2n) is 3.71. The van der Waals surface area contributed by atoms with Gasteiger partial charge in [-0.05, 0) is 11.6 Å². The topological polar surface area (TPSA) is 148 Å². The number of carboxylic acid groups (broad SMARTS) is 1. The minimum absolute atomic E-state index is 0.0675. The zero-order valence-corrected chi connectivity index (χ0v) is 10.9. The molecular weight excluding hydrogens is 272 g/mol. The minimum atomic E-state index is -1.27. The lowest BCUT2D eigenvalue weighted by Crippen LogP contribution is -2.43. The first-order valence-corrected chi connectivity index (χ1v) is 5.53. The normalized spacial score (nSPS) is 11.5. The molecule has 1 aromatic heterocycles. The second-order valence-corrected chi connectivity index (χ2v) is 3.71. The quantitative estimate of drug-likeness (QED) is 0.548. The summed E-state index contributed by atoms with van der Waals surface area (Å²) in [6.45, 7) is 0. The highest BCUT2D eigenvalue weighted by molar-refractivity contribution is 5.90. The maximum atomic E-state index is 11.5. The predicted octanol–water partition coefficient (Wildman–Crippen LogP) is -1.26. The zero-order valence-electron chi connectivity index (χ0n) is 10.9. The molecule has 11 nitrogen and oxygen atoms in total. The van der Waals surface area contributed by atoms with Gasteiger partial charge in [0.2, 0.25) is 0 Å². The Kier molecular flexibility index (Phi) is 5.38. The van der Waals surface area contributed by atoms with Crippen LogP contribution in [0.3, 0.4) is 0 Å². The van der Waals surface area contributed by atoms with Gasteiger partial charge >= 0.3 is 18.0 Å². The van der Waals surface area contributed by atoms with Gasteiger partial charge in [0.25, 0.3) is 5.95 Å². The van der Waals surface area contributed by atoms with Gasteiger partial charge in [0.15, 0.2) is 0 Å². The maximum Gasteiger partial charge on any atom is 0.326 e. The Bertz CT molecular complexity index is 501. The van der Waals surface area contributed by atoms with Crippen LogP contribution in [0.2, 0.25) is 0 Å². The summed E-state index contributed by atoms with van der Waals surface area (Å²) in [5.74, 6) is -1.90. The van der Waals surface area contributed by atoms with Gasteiger partial charge in [0.1, 0.15) is 6.04 Å². The number of urea groups is 1. The highest BCUT2D eigenvalue weighted by Gasteiger charge is 2.21. The van der Waals surface area contributed by atoms with Crippen LogP contribution in [0.1, 0.15) is 12.8 Å². The molecule has 0 radical (unpaired) electrons. The highest BCUT2D eigenvalue weighted by atomic mass is 16.5. The van der Waals surface area contributed by atoms with Crippen molar-refractivity contribution in [3.63, 3.8) is 0 Å². The summed E-state index contributed by atoms with van der Waals surface area (Å²) in [5, 5.41) is 24.0. The number of carbonyl (C=O) groups is 3. The Morgan fingerprint density at radius 2 is 2.15 bits per heavy atom. The van der Waals surface area contributed by atoms with Gasteiger partial charge < -0.3 is 15.2 Å². The van der Waals surface area contributed by atoms with Crippen LogP contribution in [0.25, 0.3) is 0 Å². The highest BCUT2D eigenvalue weighted by Crippen LogP contribution is 2.00. The first kappa shape index (κ1) is 15.3. The molecule has 0 aliphatic rings. The number of ether oxygens (including phenoxy) is 1. The van der Waals surface area contributed by atoms with E-state index in [2.05, 4.69) is 30.8 Å². The van der Waals surface area contributed by atoms with Crippen molar-refractivity contribution in [1.82, 2.24) is 25.5 Å². The summed E-state index contributed by atoms with van der Waals surface area (Å²) in [4.78, 5) is 34.6. The number of nitrogens with zero attached hydrogens (tertiary/aromatic N) is 4. The molecule has 110 valence electrons. The van der Waals surface area contributed by atoms with E-state index in [-0.39, 0.29) is 18.8 Å². The van der Waals surface area contributed by atoms with Crippen LogP contribution in [-0.4, -0.2) is 56.4 Å². The molecule has 1 rings (SSSR count). The van der Waals surface area contributed by atoms with Crippen LogP contribution >= 0.6 is 0 Å². The van der Waals surface area contributed by atoms with Crippen molar-refractivity contribution in [3.05, 3.63) is 0 Å². The molecule has 3 N–H and O–H groups in total. The standard InChI is InChI=1S/C9H14N6O5/c1-15-13-8(12-14-15)11-9(19)10-5(7(17)18)3-4-6(16)20-2/h5H,3-4H2,1-2H3,(H,17,18)(H2,10,11,13,19)/t5-/m1/s1. The number of carbonyl (C=O) groups excluding carboxylic acids is 2. The number of nitrogens with one attached hydrogen (secondary N) is 2. The number of esters is 1. The average molecular weight is 286 g/mol. The number of amides is 2. The summed E-state index contributed by atoms with van der Waals surface area (Å²) < 4.78 is 4.39. The number of aromatic nitrogens is 4. The molecule has 0 unspecified atom stereocenters. The molecule has 0 fully saturated rings. The van der Waals surface area contributed by atoms with E-state index < -0.39 is 24.0 Å². The average Bonchev–Trinajstić information content (AvgIpc) is 2.78. The zero-order chi connectivity index (χ0) is 15.1. The van der Waals surface area contributed by atoms with Gasteiger partial charge in [-0.1, -0.05) is 5.10 Å². The van der Waals surface area contributed by atoms with Crippen LogP contribution in [0, 0.1) is 0 Å². The van der Waals surface area contributed by atoms with E-state index in [4.69, 9.17) is 5.11 Å². The van der Waals surface area contributed by atoms with Crippen molar-refractivity contribution >= 4 is 23.9 Å². The fraction of sp³-hybridized carbons (Fsp3) is 0.556. The fourth-order valence-corrected chi connectivity index (χ4v) is 1.25. The number of hydrogen-bond donors (Lipinski definition) is 3. The lowest BCUT2D eigenvalue weighted by molar-refractivity contribution is -0.142. The first-order valence-electron chi connectivity index (χ1n) is 5.53. The Morgan fingerprint density at radius 3 is 2.65 bits per heavy atom. The van der Waals surface area contributed by atoms with Gasteiger partial charge in [0, 0.05) is 6.42 Å².